The Morgan fingerprint density at radius 1 is 0.881 bits per heavy atom. The molecule has 0 radical (unpaired) electrons. The number of carbonyl (C=O) groups excluding carboxylic acids is 1. The molecule has 222 valence electrons. The number of aliphatic carboxylic acids is 4. The molecule has 2 aromatic heterocycles. The Balaban J connectivity index is 0.000000275. The molecule has 0 atom stereocenters. The third-order valence-electron chi connectivity index (χ3n) is 5.50. The fraction of sp³-hybridized carbons (Fsp3) is 0.222. The van der Waals surface area contributed by atoms with Crippen LogP contribution in [-0.4, -0.2) is 89.0 Å². The maximum absolute atomic E-state index is 11.7. The Hall–Kier alpha value is -5.41. The summed E-state index contributed by atoms with van der Waals surface area (Å²) < 4.78 is 2.03. The number of carboxylic acid groups (broad SMARTS) is 4. The number of nitrogens with zero attached hydrogens (tertiary/aromatic N) is 3. The van der Waals surface area contributed by atoms with Gasteiger partial charge in [0.15, 0.2) is 11.3 Å². The Bertz CT molecular complexity index is 1570. The molecule has 0 bridgehead atoms. The number of rotatable bonds is 10. The summed E-state index contributed by atoms with van der Waals surface area (Å²) in [7, 11) is 1.59. The molecular formula is C27H29N5O10. The fourth-order valence-electron chi connectivity index (χ4n) is 3.72. The van der Waals surface area contributed by atoms with Crippen LogP contribution in [0.1, 0.15) is 28.9 Å². The van der Waals surface area contributed by atoms with Gasteiger partial charge in [0, 0.05) is 11.9 Å². The predicted molar refractivity (Wildman–Crippen MR) is 148 cm³/mol. The van der Waals surface area contributed by atoms with E-state index < -0.39 is 48.2 Å². The van der Waals surface area contributed by atoms with Crippen molar-refractivity contribution in [1.29, 1.82) is 0 Å². The van der Waals surface area contributed by atoms with Gasteiger partial charge in [-0.3, -0.25) is 19.2 Å². The van der Waals surface area contributed by atoms with E-state index in [9.17, 15) is 24.0 Å². The number of imidazole rings is 1. The van der Waals surface area contributed by atoms with Gasteiger partial charge in [-0.05, 0) is 18.7 Å². The van der Waals surface area contributed by atoms with Crippen LogP contribution in [0.4, 0.5) is 0 Å². The van der Waals surface area contributed by atoms with Crippen molar-refractivity contribution in [3.63, 3.8) is 0 Å². The summed E-state index contributed by atoms with van der Waals surface area (Å²) >= 11 is 0. The number of amides is 1. The second-order valence-electron chi connectivity index (χ2n) is 8.80. The Labute approximate surface area is 237 Å². The van der Waals surface area contributed by atoms with Gasteiger partial charge < -0.3 is 41.2 Å². The Kier molecular flexibility index (Phi) is 11.6. The monoisotopic (exact) mass is 583 g/mol. The SMILES string of the molecule is CNCC(=O)O.NC(=O)c1nc2ccccc2c2c1ncn2Cc1ccccc1.O=C(O)CC(O)(CC(=O)O)C(=O)O. The van der Waals surface area contributed by atoms with Crippen LogP contribution in [-0.2, 0) is 25.7 Å². The molecule has 4 rings (SSSR count). The second-order valence-corrected chi connectivity index (χ2v) is 8.80. The van der Waals surface area contributed by atoms with E-state index in [4.69, 9.17) is 31.3 Å². The Morgan fingerprint density at radius 2 is 1.45 bits per heavy atom. The molecular weight excluding hydrogens is 554 g/mol. The molecule has 15 heteroatoms. The highest BCUT2D eigenvalue weighted by Gasteiger charge is 2.40. The minimum absolute atomic E-state index is 0.0417. The quantitative estimate of drug-likeness (QED) is 0.136. The maximum Gasteiger partial charge on any atom is 0.336 e. The summed E-state index contributed by atoms with van der Waals surface area (Å²) in [6.07, 6.45) is -0.554. The molecule has 0 aliphatic carbocycles. The molecule has 8 N–H and O–H groups in total. The van der Waals surface area contributed by atoms with Gasteiger partial charge in [-0.2, -0.15) is 0 Å². The van der Waals surface area contributed by atoms with Crippen molar-refractivity contribution in [2.45, 2.75) is 25.0 Å². The molecule has 15 nitrogen and oxygen atoms in total. The van der Waals surface area contributed by atoms with E-state index in [1.165, 1.54) is 0 Å². The lowest BCUT2D eigenvalue weighted by atomic mass is 9.96. The number of pyridine rings is 1. The standard InChI is InChI=1S/C18H14N4O.C6H8O7.C3H7NO2/c19-18(23)16-15-17(13-8-4-5-9-14(13)21-16)22(11-20-15)10-12-6-2-1-3-7-12;7-3(8)1-6(13,5(11)12)2-4(9)10;1-4-2-3(5)6/h1-9,11H,10H2,(H2,19,23);13H,1-2H2,(H,7,8)(H,9,10)(H,11,12);4H,2H2,1H3,(H,5,6). The van der Waals surface area contributed by atoms with Crippen molar-refractivity contribution in [2.75, 3.05) is 13.6 Å². The number of fused-ring (bicyclic) bond motifs is 3. The first-order valence-electron chi connectivity index (χ1n) is 12.1. The van der Waals surface area contributed by atoms with Crippen LogP contribution >= 0.6 is 0 Å². The number of nitrogens with one attached hydrogen (secondary N) is 1. The van der Waals surface area contributed by atoms with Crippen LogP contribution in [0.5, 0.6) is 0 Å². The van der Waals surface area contributed by atoms with Gasteiger partial charge in [-0.15, -0.1) is 0 Å². The normalized spacial score (nSPS) is 10.6. The van der Waals surface area contributed by atoms with Crippen molar-refractivity contribution < 1.29 is 49.5 Å². The molecule has 2 aromatic carbocycles. The van der Waals surface area contributed by atoms with E-state index >= 15 is 0 Å². The van der Waals surface area contributed by atoms with Gasteiger partial charge in [0.1, 0.15) is 5.52 Å². The van der Waals surface area contributed by atoms with Gasteiger partial charge in [-0.1, -0.05) is 48.5 Å². The van der Waals surface area contributed by atoms with Crippen LogP contribution in [0.2, 0.25) is 0 Å². The lowest BCUT2D eigenvalue weighted by molar-refractivity contribution is -0.170. The van der Waals surface area contributed by atoms with Crippen molar-refractivity contribution in [3.8, 4) is 0 Å². The van der Waals surface area contributed by atoms with Crippen LogP contribution in [0.15, 0.2) is 60.9 Å². The molecule has 2 heterocycles. The first-order chi connectivity index (χ1) is 19.8. The fourth-order valence-corrected chi connectivity index (χ4v) is 3.72. The van der Waals surface area contributed by atoms with Crippen LogP contribution < -0.4 is 11.1 Å². The van der Waals surface area contributed by atoms with E-state index in [1.54, 1.807) is 13.4 Å². The minimum atomic E-state index is -2.74. The first kappa shape index (κ1) is 32.8. The minimum Gasteiger partial charge on any atom is -0.481 e. The molecule has 0 aliphatic rings. The van der Waals surface area contributed by atoms with E-state index in [2.05, 4.69) is 27.4 Å². The van der Waals surface area contributed by atoms with Crippen LogP contribution in [0, 0.1) is 0 Å². The van der Waals surface area contributed by atoms with Crippen LogP contribution in [0.25, 0.3) is 21.9 Å². The number of para-hydroxylation sites is 1. The number of likely N-dealkylation sites (N-methyl/N-ethyl adjacent to an activating group) is 1. The lowest BCUT2D eigenvalue weighted by Crippen LogP contribution is -2.42. The smallest absolute Gasteiger partial charge is 0.336 e. The number of primary amides is 1. The van der Waals surface area contributed by atoms with Crippen molar-refractivity contribution in [2.24, 2.45) is 5.73 Å². The second kappa shape index (κ2) is 14.8. The number of carbonyl (C=O) groups is 5. The van der Waals surface area contributed by atoms with Gasteiger partial charge in [0.05, 0.1) is 36.7 Å². The first-order valence-corrected chi connectivity index (χ1v) is 12.1. The molecule has 0 spiro atoms. The van der Waals surface area contributed by atoms with Gasteiger partial charge in [-0.25, -0.2) is 14.8 Å². The number of hydrogen-bond acceptors (Lipinski definition) is 9. The number of benzene rings is 2. The number of nitrogens with two attached hydrogens (primary N) is 1. The summed E-state index contributed by atoms with van der Waals surface area (Å²) in [5.74, 6) is -6.40. The number of hydrogen-bond donors (Lipinski definition) is 7. The summed E-state index contributed by atoms with van der Waals surface area (Å²) in [4.78, 5) is 60.5. The van der Waals surface area contributed by atoms with Gasteiger partial charge in [0.2, 0.25) is 0 Å². The lowest BCUT2D eigenvalue weighted by Gasteiger charge is -2.18. The zero-order valence-electron chi connectivity index (χ0n) is 22.3. The molecule has 0 aliphatic heterocycles. The van der Waals surface area contributed by atoms with Gasteiger partial charge >= 0.3 is 23.9 Å². The summed E-state index contributed by atoms with van der Waals surface area (Å²) in [6, 6.07) is 17.8. The number of aromatic nitrogens is 3. The van der Waals surface area contributed by atoms with Crippen LogP contribution in [0.3, 0.4) is 0 Å². The molecule has 0 saturated heterocycles. The maximum atomic E-state index is 11.7. The molecule has 0 saturated carbocycles. The van der Waals surface area contributed by atoms with Crippen molar-refractivity contribution >= 4 is 51.7 Å². The molecule has 1 amide bonds. The molecule has 42 heavy (non-hydrogen) atoms. The Morgan fingerprint density at radius 3 is 1.93 bits per heavy atom. The molecule has 0 fully saturated rings. The third-order valence-corrected chi connectivity index (χ3v) is 5.50. The molecule has 0 unspecified atom stereocenters. The summed E-state index contributed by atoms with van der Waals surface area (Å²) in [6.45, 7) is 0.712. The number of carboxylic acids is 4. The zero-order valence-corrected chi connectivity index (χ0v) is 22.3. The zero-order chi connectivity index (χ0) is 31.4. The summed E-state index contributed by atoms with van der Waals surface area (Å²) in [5, 5.41) is 45.1. The van der Waals surface area contributed by atoms with E-state index in [0.29, 0.717) is 12.1 Å². The highest BCUT2D eigenvalue weighted by atomic mass is 16.4. The van der Waals surface area contributed by atoms with E-state index in [1.807, 2.05) is 47.0 Å². The largest absolute Gasteiger partial charge is 0.481 e. The van der Waals surface area contributed by atoms with Crippen molar-refractivity contribution in [1.82, 2.24) is 19.9 Å². The average molecular weight is 584 g/mol. The average Bonchev–Trinajstić information content (AvgIpc) is 3.32. The van der Waals surface area contributed by atoms with Crippen molar-refractivity contribution in [3.05, 3.63) is 72.2 Å². The highest BCUT2D eigenvalue weighted by molar-refractivity contribution is 6.11. The van der Waals surface area contributed by atoms with E-state index in [0.717, 1.165) is 22.0 Å². The predicted octanol–water partition coefficient (Wildman–Crippen LogP) is 0.774. The summed E-state index contributed by atoms with van der Waals surface area (Å²) in [5.41, 5.74) is 6.29. The third kappa shape index (κ3) is 9.07. The molecule has 4 aromatic rings. The topological polar surface area (TPSA) is 255 Å². The van der Waals surface area contributed by atoms with E-state index in [-0.39, 0.29) is 12.2 Å². The number of aliphatic hydroxyl groups is 1. The van der Waals surface area contributed by atoms with Gasteiger partial charge in [0.25, 0.3) is 5.91 Å². The highest BCUT2D eigenvalue weighted by Crippen LogP contribution is 2.26.